The smallest absolute Gasteiger partial charge is 0.252 e. The third kappa shape index (κ3) is 6.24. The molecule has 1 aliphatic heterocycles. The molecule has 4 aromatic rings. The second-order valence-electron chi connectivity index (χ2n) is 10.5. The number of hydrogen-bond donors (Lipinski definition) is 1. The van der Waals surface area contributed by atoms with Crippen LogP contribution >= 0.6 is 0 Å². The molecule has 5 rings (SSSR count). The Morgan fingerprint density at radius 2 is 1.85 bits per heavy atom. The molecule has 212 valence electrons. The van der Waals surface area contributed by atoms with Gasteiger partial charge in [-0.25, -0.2) is 4.68 Å². The number of benzene rings is 2. The molecule has 0 aliphatic carbocycles. The van der Waals surface area contributed by atoms with Gasteiger partial charge in [0.05, 0.1) is 38.4 Å². The van der Waals surface area contributed by atoms with Crippen molar-refractivity contribution in [2.75, 3.05) is 46.5 Å². The zero-order valence-corrected chi connectivity index (χ0v) is 23.9. The van der Waals surface area contributed by atoms with Gasteiger partial charge in [-0.1, -0.05) is 31.2 Å². The van der Waals surface area contributed by atoms with Crippen LogP contribution in [-0.2, 0) is 17.8 Å². The van der Waals surface area contributed by atoms with E-state index in [-0.39, 0.29) is 11.6 Å². The lowest BCUT2D eigenvalue weighted by Gasteiger charge is -2.33. The number of nitrogens with zero attached hydrogens (tertiary/aromatic N) is 6. The molecule has 1 N–H and O–H groups in total. The van der Waals surface area contributed by atoms with E-state index in [1.807, 2.05) is 35.9 Å². The van der Waals surface area contributed by atoms with Gasteiger partial charge >= 0.3 is 0 Å². The maximum absolute atomic E-state index is 13.3. The van der Waals surface area contributed by atoms with Crippen LogP contribution in [0.2, 0.25) is 0 Å². The second kappa shape index (κ2) is 12.7. The normalized spacial score (nSPS) is 15.1. The highest BCUT2D eigenvalue weighted by atomic mass is 16.5. The first kappa shape index (κ1) is 27.9. The van der Waals surface area contributed by atoms with E-state index in [1.54, 1.807) is 7.11 Å². The molecule has 0 radical (unpaired) electrons. The van der Waals surface area contributed by atoms with Crippen LogP contribution in [0.25, 0.3) is 10.9 Å². The average molecular weight is 546 g/mol. The number of pyridine rings is 1. The Kier molecular flexibility index (Phi) is 8.88. The van der Waals surface area contributed by atoms with Crippen LogP contribution in [0.1, 0.15) is 47.5 Å². The number of tetrazole rings is 1. The van der Waals surface area contributed by atoms with Gasteiger partial charge in [-0.15, -0.1) is 5.10 Å². The number of aryl methyl sites for hydroxylation is 2. The van der Waals surface area contributed by atoms with Gasteiger partial charge in [-0.3, -0.25) is 14.6 Å². The topological polar surface area (TPSA) is 101 Å². The van der Waals surface area contributed by atoms with Gasteiger partial charge in [0.25, 0.3) is 5.56 Å². The van der Waals surface area contributed by atoms with Crippen LogP contribution in [0.5, 0.6) is 5.75 Å². The molecular formula is C30H39N7O3. The first-order valence-corrected chi connectivity index (χ1v) is 14.0. The van der Waals surface area contributed by atoms with Crippen molar-refractivity contribution >= 4 is 10.9 Å². The van der Waals surface area contributed by atoms with E-state index in [2.05, 4.69) is 62.4 Å². The number of hydrogen-bond acceptors (Lipinski definition) is 8. The molecule has 0 saturated carbocycles. The zero-order valence-electron chi connectivity index (χ0n) is 23.9. The largest absolute Gasteiger partial charge is 0.497 e. The molecule has 0 bridgehead atoms. The van der Waals surface area contributed by atoms with E-state index >= 15 is 0 Å². The summed E-state index contributed by atoms with van der Waals surface area (Å²) in [5.74, 6) is 1.61. The van der Waals surface area contributed by atoms with E-state index < -0.39 is 0 Å². The number of aromatic nitrogens is 5. The van der Waals surface area contributed by atoms with E-state index in [4.69, 9.17) is 9.47 Å². The standard InChI is InChI=1S/C30H39N7O3/c1-5-27(29-32-33-34-37(29)19-23-8-10-25(39-4)11-9-23)36(13-12-35-14-16-40-17-15-35)20-24-18-26-21(2)6-7-22(3)28(26)31-30(24)38/h6-11,18,27H,5,12-17,19-20H2,1-4H3,(H,31,38). The van der Waals surface area contributed by atoms with Crippen LogP contribution in [0.15, 0.2) is 47.3 Å². The summed E-state index contributed by atoms with van der Waals surface area (Å²) < 4.78 is 12.7. The van der Waals surface area contributed by atoms with E-state index in [1.165, 1.54) is 0 Å². The van der Waals surface area contributed by atoms with E-state index in [0.29, 0.717) is 13.1 Å². The van der Waals surface area contributed by atoms with Crippen molar-refractivity contribution < 1.29 is 9.47 Å². The van der Waals surface area contributed by atoms with Gasteiger partial charge in [-0.2, -0.15) is 0 Å². The Morgan fingerprint density at radius 1 is 1.10 bits per heavy atom. The summed E-state index contributed by atoms with van der Waals surface area (Å²) in [5.41, 5.74) is 4.90. The van der Waals surface area contributed by atoms with Crippen LogP contribution in [-0.4, -0.2) is 81.5 Å². The summed E-state index contributed by atoms with van der Waals surface area (Å²) in [6.45, 7) is 12.3. The summed E-state index contributed by atoms with van der Waals surface area (Å²) in [7, 11) is 1.66. The first-order chi connectivity index (χ1) is 19.5. The summed E-state index contributed by atoms with van der Waals surface area (Å²) in [6, 6.07) is 14.1. The fraction of sp³-hybridized carbons (Fsp3) is 0.467. The number of fused-ring (bicyclic) bond motifs is 1. The molecule has 1 atom stereocenters. The second-order valence-corrected chi connectivity index (χ2v) is 10.5. The molecule has 1 aliphatic rings. The lowest BCUT2D eigenvalue weighted by molar-refractivity contribution is 0.0292. The summed E-state index contributed by atoms with van der Waals surface area (Å²) in [4.78, 5) is 21.3. The highest BCUT2D eigenvalue weighted by Crippen LogP contribution is 2.26. The molecular weight excluding hydrogens is 506 g/mol. The number of ether oxygens (including phenoxy) is 2. The van der Waals surface area contributed by atoms with Crippen molar-refractivity contribution in [3.8, 4) is 5.75 Å². The third-order valence-electron chi connectivity index (χ3n) is 7.88. The van der Waals surface area contributed by atoms with Gasteiger partial charge < -0.3 is 14.5 Å². The van der Waals surface area contributed by atoms with E-state index in [0.717, 1.165) is 90.5 Å². The quantitative estimate of drug-likeness (QED) is 0.306. The maximum Gasteiger partial charge on any atom is 0.252 e. The van der Waals surface area contributed by atoms with Gasteiger partial charge in [0.2, 0.25) is 0 Å². The zero-order chi connectivity index (χ0) is 28.1. The Bertz CT molecular complexity index is 1480. The lowest BCUT2D eigenvalue weighted by atomic mass is 10.0. The van der Waals surface area contributed by atoms with E-state index in [9.17, 15) is 4.79 Å². The average Bonchev–Trinajstić information content (AvgIpc) is 3.43. The van der Waals surface area contributed by atoms with Crippen molar-refractivity contribution in [1.82, 2.24) is 35.0 Å². The fourth-order valence-electron chi connectivity index (χ4n) is 5.46. The van der Waals surface area contributed by atoms with Crippen LogP contribution in [0.4, 0.5) is 0 Å². The number of morpholine rings is 1. The lowest BCUT2D eigenvalue weighted by Crippen LogP contribution is -2.43. The van der Waals surface area contributed by atoms with Gasteiger partial charge in [-0.05, 0) is 65.6 Å². The fourth-order valence-corrected chi connectivity index (χ4v) is 5.46. The van der Waals surface area contributed by atoms with Gasteiger partial charge in [0.1, 0.15) is 5.75 Å². The SMILES string of the molecule is CCC(c1nnnn1Cc1ccc(OC)cc1)N(CCN1CCOCC1)Cc1cc2c(C)ccc(C)c2[nH]c1=O. The molecule has 2 aromatic carbocycles. The molecule has 10 nitrogen and oxygen atoms in total. The van der Waals surface area contributed by atoms with Crippen molar-refractivity contribution in [3.63, 3.8) is 0 Å². The Hall–Kier alpha value is -3.60. The maximum atomic E-state index is 13.3. The molecule has 2 aromatic heterocycles. The Morgan fingerprint density at radius 3 is 2.58 bits per heavy atom. The predicted octanol–water partition coefficient (Wildman–Crippen LogP) is 3.47. The summed E-state index contributed by atoms with van der Waals surface area (Å²) >= 11 is 0. The van der Waals surface area contributed by atoms with Crippen molar-refractivity contribution in [1.29, 1.82) is 0 Å². The van der Waals surface area contributed by atoms with Gasteiger partial charge in [0, 0.05) is 43.7 Å². The molecule has 1 saturated heterocycles. The summed E-state index contributed by atoms with van der Waals surface area (Å²) in [6.07, 6.45) is 0.801. The molecule has 3 heterocycles. The van der Waals surface area contributed by atoms with Crippen LogP contribution < -0.4 is 10.3 Å². The highest BCUT2D eigenvalue weighted by molar-refractivity contribution is 5.85. The Labute approximate surface area is 234 Å². The molecule has 10 heteroatoms. The first-order valence-electron chi connectivity index (χ1n) is 14.0. The minimum Gasteiger partial charge on any atom is -0.497 e. The number of aromatic amines is 1. The van der Waals surface area contributed by atoms with Crippen molar-refractivity contribution in [2.24, 2.45) is 0 Å². The molecule has 0 spiro atoms. The molecule has 0 amide bonds. The molecule has 1 fully saturated rings. The minimum atomic E-state index is -0.0667. The predicted molar refractivity (Wildman–Crippen MR) is 155 cm³/mol. The minimum absolute atomic E-state index is 0.0507. The number of nitrogens with one attached hydrogen (secondary N) is 1. The van der Waals surface area contributed by atoms with Crippen molar-refractivity contribution in [3.05, 3.63) is 80.9 Å². The number of methoxy groups -OCH3 is 1. The molecule has 40 heavy (non-hydrogen) atoms. The van der Waals surface area contributed by atoms with Gasteiger partial charge in [0.15, 0.2) is 5.82 Å². The third-order valence-corrected chi connectivity index (χ3v) is 7.88. The molecule has 1 unspecified atom stereocenters. The van der Waals surface area contributed by atoms with Crippen LogP contribution in [0, 0.1) is 13.8 Å². The monoisotopic (exact) mass is 545 g/mol. The van der Waals surface area contributed by atoms with Crippen LogP contribution in [0.3, 0.4) is 0 Å². The number of rotatable bonds is 11. The number of H-pyrrole nitrogens is 1. The van der Waals surface area contributed by atoms with Crippen molar-refractivity contribution in [2.45, 2.75) is 46.3 Å². The summed E-state index contributed by atoms with van der Waals surface area (Å²) in [5, 5.41) is 14.0. The highest BCUT2D eigenvalue weighted by Gasteiger charge is 2.27. The Balaban J connectivity index is 1.46.